The van der Waals surface area contributed by atoms with Crippen LogP contribution in [0, 0.1) is 5.92 Å². The second-order valence-electron chi connectivity index (χ2n) is 3.84. The summed E-state index contributed by atoms with van der Waals surface area (Å²) in [6.07, 6.45) is 0.462. The van der Waals surface area contributed by atoms with Gasteiger partial charge < -0.3 is 15.0 Å². The van der Waals surface area contributed by atoms with Gasteiger partial charge in [-0.2, -0.15) is 4.98 Å². The van der Waals surface area contributed by atoms with E-state index in [9.17, 15) is 4.79 Å². The van der Waals surface area contributed by atoms with Gasteiger partial charge in [0.1, 0.15) is 0 Å². The van der Waals surface area contributed by atoms with Crippen molar-refractivity contribution in [3.05, 3.63) is 11.7 Å². The summed E-state index contributed by atoms with van der Waals surface area (Å²) in [6, 6.07) is -0.0597. The van der Waals surface area contributed by atoms with Crippen LogP contribution in [0.1, 0.15) is 37.3 Å². The minimum Gasteiger partial charge on any atom is -0.460 e. The maximum absolute atomic E-state index is 11.2. The van der Waals surface area contributed by atoms with Gasteiger partial charge in [-0.25, -0.2) is 4.79 Å². The monoisotopic (exact) mass is 227 g/mol. The average Bonchev–Trinajstić information content (AvgIpc) is 2.66. The Bertz CT molecular complexity index is 349. The highest BCUT2D eigenvalue weighted by molar-refractivity contribution is 5.84. The molecule has 0 aliphatic rings. The molecule has 1 rings (SSSR count). The van der Waals surface area contributed by atoms with Crippen molar-refractivity contribution in [3.63, 3.8) is 0 Å². The third-order valence-corrected chi connectivity index (χ3v) is 2.19. The zero-order valence-electron chi connectivity index (χ0n) is 9.77. The first kappa shape index (κ1) is 12.6. The van der Waals surface area contributed by atoms with E-state index in [0.717, 1.165) is 0 Å². The number of hydrogen-bond donors (Lipinski definition) is 1. The molecule has 0 amide bonds. The SMILES string of the molecule is CCOC(=O)c1noc(CC(N)C(C)C)n1. The summed E-state index contributed by atoms with van der Waals surface area (Å²) < 4.78 is 9.65. The van der Waals surface area contributed by atoms with Crippen LogP contribution in [0.2, 0.25) is 0 Å². The predicted molar refractivity (Wildman–Crippen MR) is 56.8 cm³/mol. The summed E-state index contributed by atoms with van der Waals surface area (Å²) in [5.74, 6) is 0.0608. The summed E-state index contributed by atoms with van der Waals surface area (Å²) in [5, 5.41) is 3.53. The summed E-state index contributed by atoms with van der Waals surface area (Å²) in [6.45, 7) is 6.02. The van der Waals surface area contributed by atoms with Gasteiger partial charge >= 0.3 is 5.97 Å². The highest BCUT2D eigenvalue weighted by Crippen LogP contribution is 2.07. The standard InChI is InChI=1S/C10H17N3O3/c1-4-15-10(14)9-12-8(16-13-9)5-7(11)6(2)3/h6-7H,4-5,11H2,1-3H3. The topological polar surface area (TPSA) is 91.2 Å². The number of ether oxygens (including phenoxy) is 1. The van der Waals surface area contributed by atoms with Crippen molar-refractivity contribution >= 4 is 5.97 Å². The van der Waals surface area contributed by atoms with Crippen LogP contribution in [0.3, 0.4) is 0 Å². The van der Waals surface area contributed by atoms with E-state index in [0.29, 0.717) is 18.2 Å². The number of nitrogens with zero attached hydrogens (tertiary/aromatic N) is 2. The fraction of sp³-hybridized carbons (Fsp3) is 0.700. The van der Waals surface area contributed by atoms with Gasteiger partial charge in [0.2, 0.25) is 5.89 Å². The van der Waals surface area contributed by atoms with E-state index in [1.165, 1.54) is 0 Å². The van der Waals surface area contributed by atoms with E-state index in [2.05, 4.69) is 10.1 Å². The van der Waals surface area contributed by atoms with Crippen molar-refractivity contribution in [2.75, 3.05) is 6.61 Å². The zero-order chi connectivity index (χ0) is 12.1. The van der Waals surface area contributed by atoms with Crippen molar-refractivity contribution in [3.8, 4) is 0 Å². The fourth-order valence-electron chi connectivity index (χ4n) is 1.05. The van der Waals surface area contributed by atoms with Crippen LogP contribution in [0.4, 0.5) is 0 Å². The Labute approximate surface area is 94.2 Å². The average molecular weight is 227 g/mol. The number of aromatic nitrogens is 2. The van der Waals surface area contributed by atoms with Crippen LogP contribution in [-0.2, 0) is 11.2 Å². The number of rotatable bonds is 5. The first-order valence-corrected chi connectivity index (χ1v) is 5.29. The van der Waals surface area contributed by atoms with Crippen LogP contribution in [0.15, 0.2) is 4.52 Å². The third-order valence-electron chi connectivity index (χ3n) is 2.19. The zero-order valence-corrected chi connectivity index (χ0v) is 9.77. The molecule has 0 radical (unpaired) electrons. The van der Waals surface area contributed by atoms with Crippen LogP contribution < -0.4 is 5.73 Å². The van der Waals surface area contributed by atoms with Gasteiger partial charge in [-0.15, -0.1) is 0 Å². The minimum absolute atomic E-state index is 0.0483. The Hall–Kier alpha value is -1.43. The summed E-state index contributed by atoms with van der Waals surface area (Å²) in [4.78, 5) is 15.2. The van der Waals surface area contributed by atoms with E-state index in [4.69, 9.17) is 15.0 Å². The van der Waals surface area contributed by atoms with Crippen molar-refractivity contribution in [1.82, 2.24) is 10.1 Å². The first-order chi connectivity index (χ1) is 7.54. The molecule has 0 aliphatic heterocycles. The quantitative estimate of drug-likeness (QED) is 0.747. The fourth-order valence-corrected chi connectivity index (χ4v) is 1.05. The molecule has 0 saturated heterocycles. The first-order valence-electron chi connectivity index (χ1n) is 5.29. The van der Waals surface area contributed by atoms with Gasteiger partial charge in [0.05, 0.1) is 6.61 Å². The Kier molecular flexibility index (Phi) is 4.42. The molecule has 0 fully saturated rings. The lowest BCUT2D eigenvalue weighted by atomic mass is 10.0. The lowest BCUT2D eigenvalue weighted by Gasteiger charge is -2.11. The summed E-state index contributed by atoms with van der Waals surface area (Å²) in [7, 11) is 0. The van der Waals surface area contributed by atoms with Crippen molar-refractivity contribution in [1.29, 1.82) is 0 Å². The Morgan fingerprint density at radius 2 is 2.25 bits per heavy atom. The normalized spacial score (nSPS) is 12.8. The van der Waals surface area contributed by atoms with Crippen molar-refractivity contribution < 1.29 is 14.1 Å². The molecule has 0 aromatic carbocycles. The molecule has 0 bridgehead atoms. The maximum atomic E-state index is 11.2. The predicted octanol–water partition coefficient (Wildman–Crippen LogP) is 0.772. The van der Waals surface area contributed by atoms with Crippen LogP contribution >= 0.6 is 0 Å². The lowest BCUT2D eigenvalue weighted by molar-refractivity contribution is 0.0508. The van der Waals surface area contributed by atoms with Gasteiger partial charge in [-0.1, -0.05) is 13.8 Å². The molecule has 6 heteroatoms. The van der Waals surface area contributed by atoms with Crippen molar-refractivity contribution in [2.45, 2.75) is 33.2 Å². The molecule has 1 unspecified atom stereocenters. The molecule has 1 heterocycles. The van der Waals surface area contributed by atoms with E-state index in [1.54, 1.807) is 6.92 Å². The molecule has 1 aromatic rings. The Morgan fingerprint density at radius 1 is 1.56 bits per heavy atom. The van der Waals surface area contributed by atoms with E-state index in [1.807, 2.05) is 13.8 Å². The second-order valence-corrected chi connectivity index (χ2v) is 3.84. The molecule has 0 saturated carbocycles. The molecule has 1 aromatic heterocycles. The third kappa shape index (κ3) is 3.30. The number of carbonyl (C=O) groups excluding carboxylic acids is 1. The number of hydrogen-bond acceptors (Lipinski definition) is 6. The highest BCUT2D eigenvalue weighted by atomic mass is 16.5. The van der Waals surface area contributed by atoms with Crippen LogP contribution in [0.25, 0.3) is 0 Å². The molecule has 0 spiro atoms. The molecule has 90 valence electrons. The van der Waals surface area contributed by atoms with Gasteiger partial charge in [0.25, 0.3) is 5.82 Å². The molecule has 1 atom stereocenters. The largest absolute Gasteiger partial charge is 0.460 e. The number of nitrogens with two attached hydrogens (primary N) is 1. The smallest absolute Gasteiger partial charge is 0.379 e. The molecule has 16 heavy (non-hydrogen) atoms. The van der Waals surface area contributed by atoms with Gasteiger partial charge in [-0.05, 0) is 18.0 Å². The molecular formula is C10H17N3O3. The van der Waals surface area contributed by atoms with E-state index < -0.39 is 5.97 Å². The van der Waals surface area contributed by atoms with E-state index >= 15 is 0 Å². The number of esters is 1. The summed E-state index contributed by atoms with van der Waals surface area (Å²) in [5.41, 5.74) is 5.85. The Balaban J connectivity index is 2.61. The van der Waals surface area contributed by atoms with E-state index in [-0.39, 0.29) is 18.5 Å². The van der Waals surface area contributed by atoms with Gasteiger partial charge in [-0.3, -0.25) is 0 Å². The second kappa shape index (κ2) is 5.60. The molecule has 6 nitrogen and oxygen atoms in total. The lowest BCUT2D eigenvalue weighted by Crippen LogP contribution is -2.28. The van der Waals surface area contributed by atoms with Gasteiger partial charge in [0, 0.05) is 12.5 Å². The van der Waals surface area contributed by atoms with Gasteiger partial charge in [0.15, 0.2) is 0 Å². The van der Waals surface area contributed by atoms with Crippen molar-refractivity contribution in [2.24, 2.45) is 11.7 Å². The summed E-state index contributed by atoms with van der Waals surface area (Å²) >= 11 is 0. The molecule has 0 aliphatic carbocycles. The van der Waals surface area contributed by atoms with Crippen LogP contribution in [0.5, 0.6) is 0 Å². The molecular weight excluding hydrogens is 210 g/mol. The molecule has 2 N–H and O–H groups in total. The number of carbonyl (C=O) groups is 1. The Morgan fingerprint density at radius 3 is 2.81 bits per heavy atom. The minimum atomic E-state index is -0.574. The van der Waals surface area contributed by atoms with Crippen LogP contribution in [-0.4, -0.2) is 28.8 Å². The highest BCUT2D eigenvalue weighted by Gasteiger charge is 2.18. The maximum Gasteiger partial charge on any atom is 0.379 e.